The molecule has 0 aromatic carbocycles. The maximum Gasteiger partial charge on any atom is 0.140 e. The minimum atomic E-state index is 0.128. The van der Waals surface area contributed by atoms with Crippen LogP contribution in [-0.2, 0) is 0 Å². The fraction of sp³-hybridized carbons (Fsp3) is 0.231. The lowest BCUT2D eigenvalue weighted by Crippen LogP contribution is -2.09. The summed E-state index contributed by atoms with van der Waals surface area (Å²) in [6.45, 7) is 4.08. The molecule has 0 aliphatic rings. The van der Waals surface area contributed by atoms with E-state index < -0.39 is 0 Å². The number of anilines is 1. The van der Waals surface area contributed by atoms with Gasteiger partial charge in [0.1, 0.15) is 5.82 Å². The Morgan fingerprint density at radius 2 is 2.12 bits per heavy atom. The second kappa shape index (κ2) is 5.27. The van der Waals surface area contributed by atoms with Crippen LogP contribution < -0.4 is 5.32 Å². The summed E-state index contributed by atoms with van der Waals surface area (Å²) in [5, 5.41) is 3.33. The van der Waals surface area contributed by atoms with E-state index in [9.17, 15) is 0 Å². The number of pyridine rings is 2. The summed E-state index contributed by atoms with van der Waals surface area (Å²) in [7, 11) is 0. The SMILES string of the molecule is Cc1cnc(NC(C)c2ccccn2)c(Br)c1. The third-order valence-corrected chi connectivity index (χ3v) is 3.07. The van der Waals surface area contributed by atoms with Crippen molar-refractivity contribution in [1.82, 2.24) is 9.97 Å². The molecule has 0 aliphatic heterocycles. The molecule has 3 nitrogen and oxygen atoms in total. The van der Waals surface area contributed by atoms with Gasteiger partial charge in [-0.15, -0.1) is 0 Å². The number of aromatic nitrogens is 2. The number of nitrogens with one attached hydrogen (secondary N) is 1. The molecule has 1 N–H and O–H groups in total. The van der Waals surface area contributed by atoms with Gasteiger partial charge in [0.05, 0.1) is 16.2 Å². The highest BCUT2D eigenvalue weighted by Gasteiger charge is 2.09. The van der Waals surface area contributed by atoms with Crippen molar-refractivity contribution in [3.8, 4) is 0 Å². The topological polar surface area (TPSA) is 37.8 Å². The van der Waals surface area contributed by atoms with E-state index in [4.69, 9.17) is 0 Å². The summed E-state index contributed by atoms with van der Waals surface area (Å²) in [5.74, 6) is 0.841. The van der Waals surface area contributed by atoms with Crippen molar-refractivity contribution < 1.29 is 0 Å². The van der Waals surface area contributed by atoms with Crippen LogP contribution in [0.4, 0.5) is 5.82 Å². The van der Waals surface area contributed by atoms with Gasteiger partial charge in [0.15, 0.2) is 0 Å². The third-order valence-electron chi connectivity index (χ3n) is 2.46. The number of aryl methyl sites for hydroxylation is 1. The maximum absolute atomic E-state index is 4.36. The number of nitrogens with zero attached hydrogens (tertiary/aromatic N) is 2. The molecule has 0 saturated carbocycles. The van der Waals surface area contributed by atoms with Crippen LogP contribution in [0, 0.1) is 6.92 Å². The molecule has 1 unspecified atom stereocenters. The summed E-state index contributed by atoms with van der Waals surface area (Å²) >= 11 is 3.50. The summed E-state index contributed by atoms with van der Waals surface area (Å²) in [5.41, 5.74) is 2.13. The van der Waals surface area contributed by atoms with Gasteiger partial charge in [-0.1, -0.05) is 6.07 Å². The van der Waals surface area contributed by atoms with Crippen LogP contribution in [0.3, 0.4) is 0 Å². The predicted molar refractivity (Wildman–Crippen MR) is 72.9 cm³/mol. The standard InChI is InChI=1S/C13H14BrN3/c1-9-7-11(14)13(16-8-9)17-10(2)12-5-3-4-6-15-12/h3-8,10H,1-2H3,(H,16,17). The molecule has 2 rings (SSSR count). The van der Waals surface area contributed by atoms with Gasteiger partial charge in [-0.3, -0.25) is 4.98 Å². The quantitative estimate of drug-likeness (QED) is 0.937. The summed E-state index contributed by atoms with van der Waals surface area (Å²) < 4.78 is 0.972. The van der Waals surface area contributed by atoms with Crippen LogP contribution in [0.25, 0.3) is 0 Å². The van der Waals surface area contributed by atoms with Gasteiger partial charge in [-0.2, -0.15) is 0 Å². The molecule has 0 radical (unpaired) electrons. The minimum Gasteiger partial charge on any atom is -0.361 e. The van der Waals surface area contributed by atoms with E-state index in [0.717, 1.165) is 21.5 Å². The largest absolute Gasteiger partial charge is 0.361 e. The number of hydrogen-bond acceptors (Lipinski definition) is 3. The molecule has 0 spiro atoms. The molecule has 88 valence electrons. The monoisotopic (exact) mass is 291 g/mol. The highest BCUT2D eigenvalue weighted by atomic mass is 79.9. The summed E-state index contributed by atoms with van der Waals surface area (Å²) in [4.78, 5) is 8.67. The van der Waals surface area contributed by atoms with Gasteiger partial charge in [0, 0.05) is 12.4 Å². The zero-order valence-electron chi connectivity index (χ0n) is 9.81. The van der Waals surface area contributed by atoms with Crippen molar-refractivity contribution in [2.75, 3.05) is 5.32 Å². The Kier molecular flexibility index (Phi) is 3.74. The normalized spacial score (nSPS) is 12.2. The van der Waals surface area contributed by atoms with E-state index in [1.54, 1.807) is 6.20 Å². The molecule has 0 saturated heterocycles. The lowest BCUT2D eigenvalue weighted by Gasteiger charge is -2.15. The van der Waals surface area contributed by atoms with E-state index in [1.807, 2.05) is 37.4 Å². The van der Waals surface area contributed by atoms with Crippen LogP contribution in [0.2, 0.25) is 0 Å². The fourth-order valence-corrected chi connectivity index (χ4v) is 2.13. The Balaban J connectivity index is 2.16. The van der Waals surface area contributed by atoms with Crippen molar-refractivity contribution in [2.45, 2.75) is 19.9 Å². The zero-order valence-corrected chi connectivity index (χ0v) is 11.4. The minimum absolute atomic E-state index is 0.128. The van der Waals surface area contributed by atoms with Gasteiger partial charge in [-0.05, 0) is 53.5 Å². The Hall–Kier alpha value is -1.42. The molecule has 2 aromatic heterocycles. The maximum atomic E-state index is 4.36. The first-order valence-electron chi connectivity index (χ1n) is 5.46. The zero-order chi connectivity index (χ0) is 12.3. The summed E-state index contributed by atoms with van der Waals surface area (Å²) in [6.07, 6.45) is 3.64. The number of halogens is 1. The Labute approximate surface area is 109 Å². The molecule has 0 aliphatic carbocycles. The van der Waals surface area contributed by atoms with E-state index in [-0.39, 0.29) is 6.04 Å². The lowest BCUT2D eigenvalue weighted by atomic mass is 10.2. The fourth-order valence-electron chi connectivity index (χ4n) is 1.55. The van der Waals surface area contributed by atoms with Crippen molar-refractivity contribution >= 4 is 21.7 Å². The smallest absolute Gasteiger partial charge is 0.140 e. The third kappa shape index (κ3) is 3.03. The Morgan fingerprint density at radius 1 is 1.29 bits per heavy atom. The Morgan fingerprint density at radius 3 is 2.76 bits per heavy atom. The first-order valence-corrected chi connectivity index (χ1v) is 6.25. The van der Waals surface area contributed by atoms with Gasteiger partial charge in [-0.25, -0.2) is 4.98 Å². The average Bonchev–Trinajstić information content (AvgIpc) is 2.34. The van der Waals surface area contributed by atoms with E-state index in [2.05, 4.69) is 38.1 Å². The van der Waals surface area contributed by atoms with Gasteiger partial charge in [0.2, 0.25) is 0 Å². The van der Waals surface area contributed by atoms with Crippen LogP contribution in [0.5, 0.6) is 0 Å². The molecular weight excluding hydrogens is 278 g/mol. The number of rotatable bonds is 3. The van der Waals surface area contributed by atoms with Gasteiger partial charge < -0.3 is 5.32 Å². The first-order chi connectivity index (χ1) is 8.16. The predicted octanol–water partition coefficient (Wildman–Crippen LogP) is 3.72. The van der Waals surface area contributed by atoms with Crippen LogP contribution in [0.15, 0.2) is 41.1 Å². The van der Waals surface area contributed by atoms with Crippen molar-refractivity contribution in [2.24, 2.45) is 0 Å². The first kappa shape index (κ1) is 12.0. The molecule has 0 fully saturated rings. The second-order valence-corrected chi connectivity index (χ2v) is 4.82. The van der Waals surface area contributed by atoms with Crippen molar-refractivity contribution in [3.63, 3.8) is 0 Å². The molecule has 0 bridgehead atoms. The van der Waals surface area contributed by atoms with Gasteiger partial charge >= 0.3 is 0 Å². The van der Waals surface area contributed by atoms with E-state index >= 15 is 0 Å². The van der Waals surface area contributed by atoms with Crippen LogP contribution >= 0.6 is 15.9 Å². The lowest BCUT2D eigenvalue weighted by molar-refractivity contribution is 0.830. The van der Waals surface area contributed by atoms with E-state index in [0.29, 0.717) is 0 Å². The molecule has 2 heterocycles. The molecule has 4 heteroatoms. The van der Waals surface area contributed by atoms with Crippen molar-refractivity contribution in [1.29, 1.82) is 0 Å². The molecule has 0 amide bonds. The average molecular weight is 292 g/mol. The Bertz CT molecular complexity index is 499. The second-order valence-electron chi connectivity index (χ2n) is 3.96. The van der Waals surface area contributed by atoms with E-state index in [1.165, 1.54) is 0 Å². The van der Waals surface area contributed by atoms with Crippen LogP contribution in [0.1, 0.15) is 24.2 Å². The molecule has 2 aromatic rings. The molecule has 1 atom stereocenters. The highest BCUT2D eigenvalue weighted by molar-refractivity contribution is 9.10. The van der Waals surface area contributed by atoms with Crippen LogP contribution in [-0.4, -0.2) is 9.97 Å². The highest BCUT2D eigenvalue weighted by Crippen LogP contribution is 2.24. The number of hydrogen-bond donors (Lipinski definition) is 1. The summed E-state index contributed by atoms with van der Waals surface area (Å²) in [6, 6.07) is 8.07. The molecule has 17 heavy (non-hydrogen) atoms. The molecular formula is C13H14BrN3. The van der Waals surface area contributed by atoms with Crippen molar-refractivity contribution in [3.05, 3.63) is 52.4 Å². The van der Waals surface area contributed by atoms with Gasteiger partial charge in [0.25, 0.3) is 0 Å².